The lowest BCUT2D eigenvalue weighted by Gasteiger charge is -2.18. The summed E-state index contributed by atoms with van der Waals surface area (Å²) in [4.78, 5) is 26.2. The van der Waals surface area contributed by atoms with E-state index in [4.69, 9.17) is 16.3 Å². The number of nitrogens with one attached hydrogen (secondary N) is 2. The van der Waals surface area contributed by atoms with E-state index in [1.807, 2.05) is 18.2 Å². The molecule has 0 heterocycles. The molecule has 0 unspecified atom stereocenters. The second-order valence-corrected chi connectivity index (χ2v) is 7.15. The minimum Gasteiger partial charge on any atom is -0.495 e. The maximum Gasteiger partial charge on any atom is 0.259 e. The molecule has 4 rings (SSSR count). The Kier molecular flexibility index (Phi) is 5.82. The number of anilines is 2. The van der Waals surface area contributed by atoms with E-state index < -0.39 is 11.7 Å². The summed E-state index contributed by atoms with van der Waals surface area (Å²) in [5.74, 6) is -0.531. The number of hydrazone groups is 1. The number of halogens is 1. The number of fused-ring (bicyclic) bond motifs is 1. The van der Waals surface area contributed by atoms with Crippen LogP contribution in [0.2, 0.25) is 5.02 Å². The molecule has 1 amide bonds. The van der Waals surface area contributed by atoms with Gasteiger partial charge in [-0.05, 0) is 42.0 Å². The Morgan fingerprint density at radius 2 is 1.77 bits per heavy atom. The highest BCUT2D eigenvalue weighted by atomic mass is 35.5. The van der Waals surface area contributed by atoms with E-state index >= 15 is 0 Å². The molecule has 3 aromatic carbocycles. The summed E-state index contributed by atoms with van der Waals surface area (Å²) in [7, 11) is 1.51. The molecule has 0 atom stereocenters. The zero-order chi connectivity index (χ0) is 21.8. The van der Waals surface area contributed by atoms with Crippen LogP contribution in [0.5, 0.6) is 5.75 Å². The van der Waals surface area contributed by atoms with Crippen LogP contribution in [-0.2, 0) is 9.59 Å². The molecule has 31 heavy (non-hydrogen) atoms. The van der Waals surface area contributed by atoms with Crippen LogP contribution in [0, 0.1) is 0 Å². The molecule has 0 aliphatic heterocycles. The van der Waals surface area contributed by atoms with Crippen molar-refractivity contribution in [2.45, 2.75) is 0 Å². The van der Waals surface area contributed by atoms with Crippen LogP contribution in [0.3, 0.4) is 0 Å². The molecule has 0 spiro atoms. The summed E-state index contributed by atoms with van der Waals surface area (Å²) in [5, 5.41) is 7.59. The minimum absolute atomic E-state index is 0.0174. The van der Waals surface area contributed by atoms with E-state index in [0.717, 1.165) is 5.56 Å². The van der Waals surface area contributed by atoms with Crippen LogP contribution >= 0.6 is 11.6 Å². The third kappa shape index (κ3) is 4.34. The third-order valence-corrected chi connectivity index (χ3v) is 4.93. The van der Waals surface area contributed by atoms with Crippen LogP contribution in [0.25, 0.3) is 6.08 Å². The number of ether oxygens (including phenoxy) is 1. The Bertz CT molecular complexity index is 1230. The maximum absolute atomic E-state index is 13.2. The van der Waals surface area contributed by atoms with Gasteiger partial charge in [0, 0.05) is 10.6 Å². The largest absolute Gasteiger partial charge is 0.495 e. The highest BCUT2D eigenvalue weighted by Crippen LogP contribution is 2.27. The number of ketones is 1. The molecule has 0 bridgehead atoms. The highest BCUT2D eigenvalue weighted by molar-refractivity contribution is 6.59. The van der Waals surface area contributed by atoms with Gasteiger partial charge < -0.3 is 10.1 Å². The van der Waals surface area contributed by atoms with E-state index in [1.54, 1.807) is 60.7 Å². The SMILES string of the molecule is COc1ccccc1NC(=O)C1=Cc2ccccc2/C(=N/Nc2cccc(Cl)c2)C1=O. The molecule has 0 saturated heterocycles. The van der Waals surface area contributed by atoms with Crippen molar-refractivity contribution in [3.8, 4) is 5.75 Å². The summed E-state index contributed by atoms with van der Waals surface area (Å²) in [6.07, 6.45) is 1.57. The topological polar surface area (TPSA) is 79.8 Å². The number of para-hydroxylation sites is 2. The van der Waals surface area contributed by atoms with Gasteiger partial charge in [-0.2, -0.15) is 5.10 Å². The normalized spacial score (nSPS) is 13.9. The molecule has 6 nitrogen and oxygen atoms in total. The predicted octanol–water partition coefficient (Wildman–Crippen LogP) is 4.77. The Balaban J connectivity index is 1.68. The molecule has 1 aliphatic carbocycles. The van der Waals surface area contributed by atoms with Crippen LogP contribution in [0.15, 0.2) is 83.5 Å². The molecule has 0 radical (unpaired) electrons. The van der Waals surface area contributed by atoms with Crippen LogP contribution < -0.4 is 15.5 Å². The number of nitrogens with zero attached hydrogens (tertiary/aromatic N) is 1. The number of methoxy groups -OCH3 is 1. The third-order valence-electron chi connectivity index (χ3n) is 4.70. The number of benzene rings is 3. The number of carbonyl (C=O) groups is 2. The predicted molar refractivity (Wildman–Crippen MR) is 123 cm³/mol. The van der Waals surface area contributed by atoms with Crippen molar-refractivity contribution >= 4 is 46.5 Å². The van der Waals surface area contributed by atoms with Crippen LogP contribution in [0.4, 0.5) is 11.4 Å². The lowest BCUT2D eigenvalue weighted by atomic mass is 9.89. The monoisotopic (exact) mass is 431 g/mol. The lowest BCUT2D eigenvalue weighted by Crippen LogP contribution is -2.30. The number of Topliss-reactive ketones (excluding diaryl/α,β-unsaturated/α-hetero) is 1. The van der Waals surface area contributed by atoms with Gasteiger partial charge in [-0.1, -0.05) is 54.1 Å². The van der Waals surface area contributed by atoms with Crippen molar-refractivity contribution in [2.24, 2.45) is 5.10 Å². The van der Waals surface area contributed by atoms with Gasteiger partial charge in [0.2, 0.25) is 5.78 Å². The van der Waals surface area contributed by atoms with Gasteiger partial charge in [-0.25, -0.2) is 0 Å². The van der Waals surface area contributed by atoms with Crippen molar-refractivity contribution < 1.29 is 14.3 Å². The summed E-state index contributed by atoms with van der Waals surface area (Å²) < 4.78 is 5.27. The fourth-order valence-corrected chi connectivity index (χ4v) is 3.40. The quantitative estimate of drug-likeness (QED) is 0.450. The number of rotatable bonds is 5. The Morgan fingerprint density at radius 3 is 2.58 bits per heavy atom. The van der Waals surface area contributed by atoms with Crippen LogP contribution in [-0.4, -0.2) is 24.5 Å². The first-order valence-electron chi connectivity index (χ1n) is 9.46. The van der Waals surface area contributed by atoms with Crippen molar-refractivity contribution in [3.05, 3.63) is 94.5 Å². The number of hydrogen-bond donors (Lipinski definition) is 2. The highest BCUT2D eigenvalue weighted by Gasteiger charge is 2.30. The molecule has 2 N–H and O–H groups in total. The Hall–Kier alpha value is -3.90. The molecule has 7 heteroatoms. The maximum atomic E-state index is 13.2. The fourth-order valence-electron chi connectivity index (χ4n) is 3.21. The van der Waals surface area contributed by atoms with Crippen molar-refractivity contribution in [1.82, 2.24) is 0 Å². The van der Waals surface area contributed by atoms with E-state index in [-0.39, 0.29) is 11.3 Å². The number of carbonyl (C=O) groups excluding carboxylic acids is 2. The smallest absolute Gasteiger partial charge is 0.259 e. The summed E-state index contributed by atoms with van der Waals surface area (Å²) in [6, 6.07) is 21.2. The summed E-state index contributed by atoms with van der Waals surface area (Å²) >= 11 is 6.01. The molecule has 1 aliphatic rings. The van der Waals surface area contributed by atoms with Gasteiger partial charge in [0.15, 0.2) is 0 Å². The average molecular weight is 432 g/mol. The van der Waals surface area contributed by atoms with E-state index in [9.17, 15) is 9.59 Å². The minimum atomic E-state index is -0.542. The van der Waals surface area contributed by atoms with Crippen molar-refractivity contribution in [3.63, 3.8) is 0 Å². The van der Waals surface area contributed by atoms with Gasteiger partial charge in [-0.3, -0.25) is 15.0 Å². The van der Waals surface area contributed by atoms with Crippen LogP contribution in [0.1, 0.15) is 11.1 Å². The van der Waals surface area contributed by atoms with Crippen molar-refractivity contribution in [1.29, 1.82) is 0 Å². The molecular weight excluding hydrogens is 414 g/mol. The van der Waals surface area contributed by atoms with Gasteiger partial charge in [0.1, 0.15) is 11.5 Å². The fraction of sp³-hybridized carbons (Fsp3) is 0.0417. The van der Waals surface area contributed by atoms with Gasteiger partial charge in [0.25, 0.3) is 5.91 Å². The summed E-state index contributed by atoms with van der Waals surface area (Å²) in [6.45, 7) is 0. The zero-order valence-electron chi connectivity index (χ0n) is 16.6. The Morgan fingerprint density at radius 1 is 1.00 bits per heavy atom. The molecule has 0 saturated carbocycles. The Labute approximate surface area is 184 Å². The lowest BCUT2D eigenvalue weighted by molar-refractivity contribution is -0.116. The molecular formula is C24H18ClN3O3. The first kappa shape index (κ1) is 20.4. The number of amides is 1. The van der Waals surface area contributed by atoms with E-state index in [0.29, 0.717) is 27.7 Å². The van der Waals surface area contributed by atoms with Gasteiger partial charge in [0.05, 0.1) is 24.1 Å². The van der Waals surface area contributed by atoms with E-state index in [2.05, 4.69) is 15.8 Å². The van der Waals surface area contributed by atoms with E-state index in [1.165, 1.54) is 7.11 Å². The molecule has 0 aromatic heterocycles. The molecule has 154 valence electrons. The standard InChI is InChI=1S/C24H18ClN3O3/c1-31-21-12-5-4-11-20(21)26-24(30)19-13-15-7-2-3-10-18(15)22(23(19)29)28-27-17-9-6-8-16(25)14-17/h2-14,27H,1H3,(H,26,30)/b28-22-. The second kappa shape index (κ2) is 8.85. The van der Waals surface area contributed by atoms with Gasteiger partial charge in [-0.15, -0.1) is 0 Å². The second-order valence-electron chi connectivity index (χ2n) is 6.71. The molecule has 3 aromatic rings. The summed E-state index contributed by atoms with van der Waals surface area (Å²) in [5.41, 5.74) is 5.43. The number of hydrogen-bond acceptors (Lipinski definition) is 5. The average Bonchev–Trinajstić information content (AvgIpc) is 2.78. The first-order valence-corrected chi connectivity index (χ1v) is 9.84. The van der Waals surface area contributed by atoms with Gasteiger partial charge >= 0.3 is 0 Å². The first-order chi connectivity index (χ1) is 15.1. The zero-order valence-corrected chi connectivity index (χ0v) is 17.3. The molecule has 0 fully saturated rings. The van der Waals surface area contributed by atoms with Crippen molar-refractivity contribution in [2.75, 3.05) is 17.9 Å².